The average Bonchev–Trinajstić information content (AvgIpc) is 2.92. The summed E-state index contributed by atoms with van der Waals surface area (Å²) in [5, 5.41) is 21.8. The van der Waals surface area contributed by atoms with E-state index >= 15 is 0 Å². The number of ether oxygens (including phenoxy) is 1. The van der Waals surface area contributed by atoms with Gasteiger partial charge in [0, 0.05) is 35.8 Å². The fourth-order valence-electron chi connectivity index (χ4n) is 5.88. The van der Waals surface area contributed by atoms with Crippen LogP contribution >= 0.6 is 0 Å². The molecule has 7 nitrogen and oxygen atoms in total. The Kier molecular flexibility index (Phi) is 9.65. The molecule has 1 aliphatic heterocycles. The van der Waals surface area contributed by atoms with Gasteiger partial charge < -0.3 is 25.6 Å². The number of carboxylic acids is 1. The number of aliphatic carboxylic acids is 1. The third-order valence-corrected chi connectivity index (χ3v) is 8.15. The van der Waals surface area contributed by atoms with Crippen molar-refractivity contribution in [1.29, 1.82) is 0 Å². The fraction of sp³-hybridized carbons (Fsp3) is 0.467. The lowest BCUT2D eigenvalue weighted by molar-refractivity contribution is -0.141. The van der Waals surface area contributed by atoms with Crippen molar-refractivity contribution in [2.24, 2.45) is 11.1 Å². The quantitative estimate of drug-likeness (QED) is 0.283. The largest absolute Gasteiger partial charge is 0.497 e. The zero-order chi connectivity index (χ0) is 28.9. The molecule has 0 saturated carbocycles. The van der Waals surface area contributed by atoms with Crippen LogP contribution in [-0.4, -0.2) is 52.8 Å². The van der Waals surface area contributed by atoms with Crippen molar-refractivity contribution in [1.82, 2.24) is 9.88 Å². The van der Waals surface area contributed by atoms with E-state index in [1.165, 1.54) is 0 Å². The lowest BCUT2D eigenvalue weighted by Crippen LogP contribution is -2.41. The van der Waals surface area contributed by atoms with Crippen LogP contribution in [-0.2, 0) is 17.8 Å². The zero-order valence-electron chi connectivity index (χ0n) is 22.6. The number of likely N-dealkylation sites (tertiary alicyclic amines) is 1. The number of nitrogens with zero attached hydrogens (tertiary/aromatic N) is 2. The topological polar surface area (TPSA) is 109 Å². The minimum absolute atomic E-state index is 0.00573. The summed E-state index contributed by atoms with van der Waals surface area (Å²) < 4.78 is 46.5. The Morgan fingerprint density at radius 3 is 2.50 bits per heavy atom. The molecule has 4 N–H and O–H groups in total. The Labute approximate surface area is 231 Å². The van der Waals surface area contributed by atoms with Gasteiger partial charge in [-0.1, -0.05) is 0 Å². The third-order valence-electron chi connectivity index (χ3n) is 8.15. The monoisotopic (exact) mass is 559 g/mol. The number of aromatic nitrogens is 1. The third kappa shape index (κ3) is 6.92. The Morgan fingerprint density at radius 2 is 1.88 bits per heavy atom. The van der Waals surface area contributed by atoms with Crippen LogP contribution in [0, 0.1) is 22.9 Å². The van der Waals surface area contributed by atoms with Crippen molar-refractivity contribution in [3.05, 3.63) is 70.7 Å². The van der Waals surface area contributed by atoms with Crippen molar-refractivity contribution in [2.45, 2.75) is 57.6 Å². The van der Waals surface area contributed by atoms with Crippen molar-refractivity contribution >= 4 is 16.9 Å². The normalized spacial score (nSPS) is 16.2. The summed E-state index contributed by atoms with van der Waals surface area (Å²) >= 11 is 0. The molecule has 4 rings (SSSR count). The van der Waals surface area contributed by atoms with Gasteiger partial charge in [-0.05, 0) is 92.9 Å². The molecule has 0 radical (unpaired) electrons. The van der Waals surface area contributed by atoms with Gasteiger partial charge in [-0.25, -0.2) is 13.2 Å². The minimum Gasteiger partial charge on any atom is -0.497 e. The lowest BCUT2D eigenvalue weighted by atomic mass is 9.71. The molecule has 216 valence electrons. The van der Waals surface area contributed by atoms with Crippen LogP contribution in [0.4, 0.5) is 13.2 Å². The van der Waals surface area contributed by atoms with Gasteiger partial charge >= 0.3 is 5.97 Å². The van der Waals surface area contributed by atoms with Gasteiger partial charge in [0.15, 0.2) is 0 Å². The Morgan fingerprint density at radius 1 is 1.18 bits per heavy atom. The van der Waals surface area contributed by atoms with Crippen molar-refractivity contribution < 1.29 is 32.9 Å². The van der Waals surface area contributed by atoms with E-state index in [-0.39, 0.29) is 24.9 Å². The van der Waals surface area contributed by atoms with Crippen molar-refractivity contribution in [3.8, 4) is 5.75 Å². The first-order valence-corrected chi connectivity index (χ1v) is 13.6. The van der Waals surface area contributed by atoms with Crippen LogP contribution in [0.25, 0.3) is 10.9 Å². The Balaban J connectivity index is 1.41. The summed E-state index contributed by atoms with van der Waals surface area (Å²) in [6.07, 6.45) is 3.56. The van der Waals surface area contributed by atoms with E-state index < -0.39 is 34.9 Å². The Bertz CT molecular complexity index is 1320. The molecule has 0 aliphatic carbocycles. The molecular weight excluding hydrogens is 523 g/mol. The summed E-state index contributed by atoms with van der Waals surface area (Å²) in [5.74, 6) is -2.95. The van der Waals surface area contributed by atoms with E-state index in [0.717, 1.165) is 10.9 Å². The second kappa shape index (κ2) is 13.0. The first-order valence-electron chi connectivity index (χ1n) is 13.6. The summed E-state index contributed by atoms with van der Waals surface area (Å²) in [7, 11) is 1.57. The molecule has 0 amide bonds. The molecule has 1 atom stereocenters. The Hall–Kier alpha value is -3.21. The van der Waals surface area contributed by atoms with E-state index in [1.807, 2.05) is 12.1 Å². The number of rotatable bonds is 12. The first kappa shape index (κ1) is 29.8. The SMILES string of the molecule is COc1ccc2ncc(CN)c(C(O)CCC3(CC(=O)O)CCN(CCCc4c(F)cc(F)cc4F)CC3)c2c1. The molecule has 3 aromatic rings. The van der Waals surface area contributed by atoms with Gasteiger partial charge in [0.2, 0.25) is 0 Å². The number of piperidine rings is 1. The maximum absolute atomic E-state index is 14.0. The van der Waals surface area contributed by atoms with E-state index in [9.17, 15) is 28.2 Å². The van der Waals surface area contributed by atoms with Gasteiger partial charge in [0.1, 0.15) is 23.2 Å². The summed E-state index contributed by atoms with van der Waals surface area (Å²) in [4.78, 5) is 18.4. The highest BCUT2D eigenvalue weighted by atomic mass is 19.1. The first-order chi connectivity index (χ1) is 19.1. The van der Waals surface area contributed by atoms with Gasteiger partial charge in [-0.2, -0.15) is 0 Å². The number of aliphatic hydroxyl groups is 1. The van der Waals surface area contributed by atoms with Crippen LogP contribution < -0.4 is 10.5 Å². The number of halogens is 3. The van der Waals surface area contributed by atoms with Crippen LogP contribution in [0.5, 0.6) is 5.75 Å². The maximum atomic E-state index is 14.0. The summed E-state index contributed by atoms with van der Waals surface area (Å²) in [6.45, 7) is 2.07. The number of pyridine rings is 1. The van der Waals surface area contributed by atoms with E-state index in [2.05, 4.69) is 9.88 Å². The molecule has 1 unspecified atom stereocenters. The molecule has 10 heteroatoms. The van der Waals surface area contributed by atoms with Crippen molar-refractivity contribution in [2.75, 3.05) is 26.7 Å². The molecular formula is C30H36F3N3O4. The minimum atomic E-state index is -0.939. The molecule has 2 heterocycles. The van der Waals surface area contributed by atoms with E-state index in [4.69, 9.17) is 10.5 Å². The second-order valence-corrected chi connectivity index (χ2v) is 10.7. The molecule has 1 fully saturated rings. The van der Waals surface area contributed by atoms with Gasteiger partial charge in [0.05, 0.1) is 25.2 Å². The number of nitrogens with two attached hydrogens (primary N) is 1. The maximum Gasteiger partial charge on any atom is 0.303 e. The second-order valence-electron chi connectivity index (χ2n) is 10.7. The average molecular weight is 560 g/mol. The molecule has 0 bridgehead atoms. The number of hydrogen-bond acceptors (Lipinski definition) is 6. The molecule has 40 heavy (non-hydrogen) atoms. The highest BCUT2D eigenvalue weighted by Gasteiger charge is 2.37. The van der Waals surface area contributed by atoms with Gasteiger partial charge in [-0.15, -0.1) is 0 Å². The van der Waals surface area contributed by atoms with Crippen LogP contribution in [0.2, 0.25) is 0 Å². The lowest BCUT2D eigenvalue weighted by Gasteiger charge is -2.41. The number of hydrogen-bond donors (Lipinski definition) is 3. The van der Waals surface area contributed by atoms with E-state index in [0.29, 0.717) is 80.7 Å². The van der Waals surface area contributed by atoms with Gasteiger partial charge in [-0.3, -0.25) is 9.78 Å². The molecule has 1 saturated heterocycles. The highest BCUT2D eigenvalue weighted by molar-refractivity contribution is 5.85. The standard InChI is InChI=1S/C30H36F3N3O4/c1-40-21-4-5-26-23(15-21)29(19(17-34)18-35-26)27(37)6-7-30(16-28(38)39)8-11-36(12-9-30)10-2-3-22-24(32)13-20(31)14-25(22)33/h4-5,13-15,18,27,37H,2-3,6-12,16-17,34H2,1H3,(H,38,39). The fourth-order valence-corrected chi connectivity index (χ4v) is 5.88. The number of benzene rings is 2. The number of carbonyl (C=O) groups is 1. The molecule has 1 aromatic heterocycles. The summed E-state index contributed by atoms with van der Waals surface area (Å²) in [5.41, 5.74) is 7.49. The predicted octanol–water partition coefficient (Wildman–Crippen LogP) is 5.12. The summed E-state index contributed by atoms with van der Waals surface area (Å²) in [6, 6.07) is 6.84. The zero-order valence-corrected chi connectivity index (χ0v) is 22.6. The molecule has 0 spiro atoms. The van der Waals surface area contributed by atoms with Crippen LogP contribution in [0.3, 0.4) is 0 Å². The van der Waals surface area contributed by atoms with Crippen LogP contribution in [0.15, 0.2) is 36.5 Å². The predicted molar refractivity (Wildman–Crippen MR) is 145 cm³/mol. The number of aliphatic hydroxyl groups excluding tert-OH is 1. The van der Waals surface area contributed by atoms with E-state index in [1.54, 1.807) is 19.4 Å². The van der Waals surface area contributed by atoms with Crippen LogP contribution in [0.1, 0.15) is 61.3 Å². The highest BCUT2D eigenvalue weighted by Crippen LogP contribution is 2.42. The van der Waals surface area contributed by atoms with Crippen molar-refractivity contribution in [3.63, 3.8) is 0 Å². The van der Waals surface area contributed by atoms with Gasteiger partial charge in [0.25, 0.3) is 0 Å². The molecule has 1 aliphatic rings. The number of methoxy groups -OCH3 is 1. The number of carboxylic acid groups (broad SMARTS) is 1. The molecule has 2 aromatic carbocycles. The number of fused-ring (bicyclic) bond motifs is 1. The smallest absolute Gasteiger partial charge is 0.303 e.